The largest absolute Gasteiger partial charge is 0.331 e. The van der Waals surface area contributed by atoms with Crippen LogP contribution in [0.4, 0.5) is 5.69 Å². The summed E-state index contributed by atoms with van der Waals surface area (Å²) < 4.78 is 0. The van der Waals surface area contributed by atoms with Crippen molar-refractivity contribution in [2.24, 2.45) is 0 Å². The first-order chi connectivity index (χ1) is 11.6. The van der Waals surface area contributed by atoms with E-state index in [2.05, 4.69) is 10.3 Å². The van der Waals surface area contributed by atoms with E-state index in [1.165, 1.54) is 6.20 Å². The Bertz CT molecular complexity index is 736. The lowest BCUT2D eigenvalue weighted by atomic mass is 10.0. The Labute approximate surface area is 145 Å². The Morgan fingerprint density at radius 3 is 2.83 bits per heavy atom. The number of hydrogen-bond acceptors (Lipinski definition) is 3. The molecule has 1 atom stereocenters. The van der Waals surface area contributed by atoms with E-state index in [1.54, 1.807) is 23.2 Å². The topological polar surface area (TPSA) is 62.3 Å². The molecule has 1 aromatic heterocycles. The zero-order valence-electron chi connectivity index (χ0n) is 13.1. The molecule has 1 aromatic carbocycles. The van der Waals surface area contributed by atoms with Crippen LogP contribution in [0, 0.1) is 0 Å². The van der Waals surface area contributed by atoms with Crippen molar-refractivity contribution in [2.75, 3.05) is 11.9 Å². The third-order valence-corrected chi connectivity index (χ3v) is 4.53. The zero-order valence-corrected chi connectivity index (χ0v) is 13.9. The van der Waals surface area contributed by atoms with E-state index in [9.17, 15) is 9.59 Å². The summed E-state index contributed by atoms with van der Waals surface area (Å²) in [5.41, 5.74) is 1.51. The van der Waals surface area contributed by atoms with Crippen LogP contribution in [0.25, 0.3) is 0 Å². The number of rotatable bonds is 3. The number of pyridine rings is 1. The fraction of sp³-hybridized carbons (Fsp3) is 0.278. The average molecular weight is 344 g/mol. The molecule has 1 aliphatic rings. The van der Waals surface area contributed by atoms with E-state index < -0.39 is 11.8 Å². The fourth-order valence-electron chi connectivity index (χ4n) is 2.98. The first-order valence-corrected chi connectivity index (χ1v) is 8.28. The van der Waals surface area contributed by atoms with Gasteiger partial charge >= 0.3 is 11.8 Å². The molecular formula is C18H18ClN3O2. The Morgan fingerprint density at radius 2 is 2.08 bits per heavy atom. The van der Waals surface area contributed by atoms with Gasteiger partial charge in [0, 0.05) is 23.8 Å². The van der Waals surface area contributed by atoms with E-state index >= 15 is 0 Å². The van der Waals surface area contributed by atoms with Gasteiger partial charge in [0.1, 0.15) is 0 Å². The summed E-state index contributed by atoms with van der Waals surface area (Å²) in [6, 6.07) is 11.0. The Kier molecular flexibility index (Phi) is 5.11. The lowest BCUT2D eigenvalue weighted by Gasteiger charge is -2.24. The number of hydrogen-bond donors (Lipinski definition) is 1. The molecule has 0 bridgehead atoms. The van der Waals surface area contributed by atoms with Gasteiger partial charge in [-0.15, -0.1) is 0 Å². The van der Waals surface area contributed by atoms with Crippen molar-refractivity contribution in [3.8, 4) is 0 Å². The predicted octanol–water partition coefficient (Wildman–Crippen LogP) is 2.91. The predicted molar refractivity (Wildman–Crippen MR) is 92.8 cm³/mol. The number of carbonyl (C=O) groups excluding carboxylic acids is 2. The summed E-state index contributed by atoms with van der Waals surface area (Å²) in [6.45, 7) is 0.592. The van der Waals surface area contributed by atoms with E-state index in [-0.39, 0.29) is 6.04 Å². The van der Waals surface area contributed by atoms with Crippen LogP contribution in [0.2, 0.25) is 5.02 Å². The van der Waals surface area contributed by atoms with Crippen LogP contribution < -0.4 is 5.32 Å². The number of benzene rings is 1. The molecular weight excluding hydrogens is 326 g/mol. The molecule has 0 aliphatic carbocycles. The molecule has 0 spiro atoms. The molecule has 1 unspecified atom stereocenters. The van der Waals surface area contributed by atoms with Crippen LogP contribution in [0.5, 0.6) is 0 Å². The van der Waals surface area contributed by atoms with Gasteiger partial charge < -0.3 is 10.2 Å². The highest BCUT2D eigenvalue weighted by atomic mass is 35.5. The maximum Gasteiger partial charge on any atom is 0.313 e. The van der Waals surface area contributed by atoms with Crippen molar-refractivity contribution in [1.29, 1.82) is 0 Å². The Morgan fingerprint density at radius 1 is 1.25 bits per heavy atom. The molecule has 3 rings (SSSR count). The number of amides is 2. The summed E-state index contributed by atoms with van der Waals surface area (Å²) in [7, 11) is 0. The highest BCUT2D eigenvalue weighted by Crippen LogP contribution is 2.25. The van der Waals surface area contributed by atoms with E-state index in [0.29, 0.717) is 23.7 Å². The van der Waals surface area contributed by atoms with E-state index in [0.717, 1.165) is 18.4 Å². The number of aromatic nitrogens is 1. The molecule has 6 heteroatoms. The van der Waals surface area contributed by atoms with Crippen molar-refractivity contribution < 1.29 is 9.59 Å². The highest BCUT2D eigenvalue weighted by Gasteiger charge is 2.32. The lowest BCUT2D eigenvalue weighted by molar-refractivity contribution is -0.143. The number of carbonyl (C=O) groups is 2. The second-order valence-corrected chi connectivity index (χ2v) is 6.19. The number of nitrogens with zero attached hydrogens (tertiary/aromatic N) is 2. The Balaban J connectivity index is 1.67. The average Bonchev–Trinajstić information content (AvgIpc) is 3.05. The number of anilines is 1. The smallest absolute Gasteiger partial charge is 0.313 e. The molecule has 5 nitrogen and oxygen atoms in total. The molecule has 2 heterocycles. The minimum Gasteiger partial charge on any atom is -0.331 e. The molecule has 1 N–H and O–H groups in total. The summed E-state index contributed by atoms with van der Waals surface area (Å²) in [5.74, 6) is -1.14. The van der Waals surface area contributed by atoms with Crippen molar-refractivity contribution in [3.63, 3.8) is 0 Å². The quantitative estimate of drug-likeness (QED) is 0.872. The second kappa shape index (κ2) is 7.45. The molecule has 1 saturated heterocycles. The number of nitrogens with one attached hydrogen (secondary N) is 1. The maximum absolute atomic E-state index is 12.5. The summed E-state index contributed by atoms with van der Waals surface area (Å²) in [6.07, 6.45) is 5.54. The zero-order chi connectivity index (χ0) is 16.9. The monoisotopic (exact) mass is 343 g/mol. The van der Waals surface area contributed by atoms with Crippen LogP contribution in [-0.4, -0.2) is 34.3 Å². The summed E-state index contributed by atoms with van der Waals surface area (Å²) in [5, 5.41) is 3.29. The van der Waals surface area contributed by atoms with Gasteiger partial charge in [-0.2, -0.15) is 0 Å². The molecule has 2 aromatic rings. The first kappa shape index (κ1) is 16.5. The van der Waals surface area contributed by atoms with Gasteiger partial charge in [-0.3, -0.25) is 14.6 Å². The van der Waals surface area contributed by atoms with Gasteiger partial charge in [-0.25, -0.2) is 0 Å². The van der Waals surface area contributed by atoms with Crippen molar-refractivity contribution in [1.82, 2.24) is 9.88 Å². The van der Waals surface area contributed by atoms with Crippen LogP contribution in [0.3, 0.4) is 0 Å². The molecule has 2 amide bonds. The van der Waals surface area contributed by atoms with Crippen molar-refractivity contribution >= 4 is 29.1 Å². The van der Waals surface area contributed by atoms with Gasteiger partial charge in [0.15, 0.2) is 0 Å². The fourth-order valence-corrected chi connectivity index (χ4v) is 3.20. The first-order valence-electron chi connectivity index (χ1n) is 7.90. The van der Waals surface area contributed by atoms with Crippen LogP contribution in [0.1, 0.15) is 18.4 Å². The van der Waals surface area contributed by atoms with E-state index in [1.807, 2.05) is 24.3 Å². The normalized spacial score (nSPS) is 16.9. The van der Waals surface area contributed by atoms with Crippen LogP contribution in [0.15, 0.2) is 48.8 Å². The molecule has 0 saturated carbocycles. The van der Waals surface area contributed by atoms with Crippen molar-refractivity contribution in [3.05, 3.63) is 59.4 Å². The molecule has 1 aliphatic heterocycles. The van der Waals surface area contributed by atoms with Gasteiger partial charge in [0.25, 0.3) is 0 Å². The van der Waals surface area contributed by atoms with Gasteiger partial charge in [-0.05, 0) is 43.0 Å². The lowest BCUT2D eigenvalue weighted by Crippen LogP contribution is -2.43. The third kappa shape index (κ3) is 3.74. The minimum atomic E-state index is -0.631. The number of halogens is 1. The Hall–Kier alpha value is -2.40. The van der Waals surface area contributed by atoms with Gasteiger partial charge in [-0.1, -0.05) is 29.8 Å². The van der Waals surface area contributed by atoms with E-state index in [4.69, 9.17) is 11.6 Å². The SMILES string of the molecule is O=C(Nc1cccnc1)C(=O)N1CCCC1Cc1ccccc1Cl. The molecule has 1 fully saturated rings. The van der Waals surface area contributed by atoms with Crippen LogP contribution in [-0.2, 0) is 16.0 Å². The molecule has 24 heavy (non-hydrogen) atoms. The second-order valence-electron chi connectivity index (χ2n) is 5.79. The molecule has 124 valence electrons. The van der Waals surface area contributed by atoms with Crippen molar-refractivity contribution in [2.45, 2.75) is 25.3 Å². The standard InChI is InChI=1S/C18H18ClN3O2/c19-16-8-2-1-5-13(16)11-15-7-4-10-22(15)18(24)17(23)21-14-6-3-9-20-12-14/h1-3,5-6,8-9,12,15H,4,7,10-11H2,(H,21,23). The van der Waals surface area contributed by atoms with Gasteiger partial charge in [0.05, 0.1) is 11.9 Å². The highest BCUT2D eigenvalue weighted by molar-refractivity contribution is 6.39. The number of likely N-dealkylation sites (tertiary alicyclic amines) is 1. The van der Waals surface area contributed by atoms with Crippen LogP contribution >= 0.6 is 11.6 Å². The summed E-state index contributed by atoms with van der Waals surface area (Å²) in [4.78, 5) is 30.3. The molecule has 0 radical (unpaired) electrons. The summed E-state index contributed by atoms with van der Waals surface area (Å²) >= 11 is 6.21. The third-order valence-electron chi connectivity index (χ3n) is 4.17. The van der Waals surface area contributed by atoms with Gasteiger partial charge in [0.2, 0.25) is 0 Å². The minimum absolute atomic E-state index is 0.00273. The maximum atomic E-state index is 12.5.